The van der Waals surface area contributed by atoms with E-state index in [-0.39, 0.29) is 24.4 Å². The molecule has 7 heteroatoms. The molecule has 1 aromatic carbocycles. The number of ether oxygens (including phenoxy) is 1. The maximum Gasteiger partial charge on any atom is 0.317 e. The molecule has 2 rings (SSSR count). The molecule has 1 aliphatic rings. The van der Waals surface area contributed by atoms with E-state index < -0.39 is 6.10 Å². The summed E-state index contributed by atoms with van der Waals surface area (Å²) >= 11 is 5.97. The third kappa shape index (κ3) is 5.06. The van der Waals surface area contributed by atoms with Crippen molar-refractivity contribution in [1.29, 1.82) is 0 Å². The smallest absolute Gasteiger partial charge is 0.317 e. The Kier molecular flexibility index (Phi) is 6.62. The molecule has 2 amide bonds. The van der Waals surface area contributed by atoms with Crippen molar-refractivity contribution in [3.05, 3.63) is 34.6 Å². The Labute approximate surface area is 140 Å². The van der Waals surface area contributed by atoms with Crippen molar-refractivity contribution in [2.24, 2.45) is 0 Å². The summed E-state index contributed by atoms with van der Waals surface area (Å²) < 4.78 is 19.1. The summed E-state index contributed by atoms with van der Waals surface area (Å²) in [5.41, 5.74) is 0.400. The van der Waals surface area contributed by atoms with Crippen LogP contribution >= 0.6 is 11.6 Å². The summed E-state index contributed by atoms with van der Waals surface area (Å²) in [6, 6.07) is 4.15. The van der Waals surface area contributed by atoms with Crippen molar-refractivity contribution >= 4 is 17.6 Å². The Bertz CT molecular complexity index is 522. The van der Waals surface area contributed by atoms with Gasteiger partial charge in [0.2, 0.25) is 0 Å². The number of amides is 2. The summed E-state index contributed by atoms with van der Waals surface area (Å²) in [6.45, 7) is 3.34. The highest BCUT2D eigenvalue weighted by Crippen LogP contribution is 2.19. The van der Waals surface area contributed by atoms with Gasteiger partial charge in [0.25, 0.3) is 0 Å². The minimum atomic E-state index is -0.505. The average molecular weight is 345 g/mol. The van der Waals surface area contributed by atoms with Gasteiger partial charge in [0, 0.05) is 23.7 Å². The molecule has 0 aromatic heterocycles. The van der Waals surface area contributed by atoms with Gasteiger partial charge in [-0.1, -0.05) is 17.7 Å². The molecule has 5 nitrogen and oxygen atoms in total. The first-order valence-corrected chi connectivity index (χ1v) is 8.10. The highest BCUT2D eigenvalue weighted by molar-refractivity contribution is 6.31. The monoisotopic (exact) mass is 344 g/mol. The van der Waals surface area contributed by atoms with Crippen LogP contribution in [0.15, 0.2) is 18.2 Å². The van der Waals surface area contributed by atoms with E-state index >= 15 is 0 Å². The van der Waals surface area contributed by atoms with Crippen molar-refractivity contribution in [3.63, 3.8) is 0 Å². The first-order chi connectivity index (χ1) is 11.0. The second-order valence-corrected chi connectivity index (χ2v) is 6.10. The van der Waals surface area contributed by atoms with E-state index in [2.05, 4.69) is 5.32 Å². The highest BCUT2D eigenvalue weighted by Gasteiger charge is 2.28. The molecule has 1 aliphatic heterocycles. The molecule has 128 valence electrons. The molecule has 2 atom stereocenters. The van der Waals surface area contributed by atoms with E-state index in [9.17, 15) is 14.3 Å². The number of carbonyl (C=O) groups excluding carboxylic acids is 1. The largest absolute Gasteiger partial charge is 0.393 e. The third-order valence-corrected chi connectivity index (χ3v) is 4.17. The van der Waals surface area contributed by atoms with Crippen LogP contribution in [0.2, 0.25) is 5.02 Å². The van der Waals surface area contributed by atoms with Crippen LogP contribution in [-0.2, 0) is 11.2 Å². The second-order valence-electron chi connectivity index (χ2n) is 5.69. The number of rotatable bonds is 5. The molecular formula is C16H22ClFN2O3. The topological polar surface area (TPSA) is 61.8 Å². The van der Waals surface area contributed by atoms with Crippen LogP contribution in [-0.4, -0.2) is 54.5 Å². The summed E-state index contributed by atoms with van der Waals surface area (Å²) in [4.78, 5) is 14.0. The normalized spacial score (nSPS) is 19.5. The molecule has 1 aromatic rings. The van der Waals surface area contributed by atoms with Gasteiger partial charge in [-0.15, -0.1) is 0 Å². The lowest BCUT2D eigenvalue weighted by Gasteiger charge is -2.36. The molecule has 0 unspecified atom stereocenters. The molecule has 1 fully saturated rings. The number of halogens is 2. The molecule has 1 heterocycles. The predicted octanol–water partition coefficient (Wildman–Crippen LogP) is 2.20. The van der Waals surface area contributed by atoms with E-state index in [0.717, 1.165) is 0 Å². The second kappa shape index (κ2) is 8.47. The fourth-order valence-corrected chi connectivity index (χ4v) is 2.94. The number of morpholine rings is 1. The highest BCUT2D eigenvalue weighted by atomic mass is 35.5. The van der Waals surface area contributed by atoms with E-state index in [1.807, 2.05) is 0 Å². The Balaban J connectivity index is 1.88. The number of nitrogens with zero attached hydrogens (tertiary/aromatic N) is 1. The zero-order valence-electron chi connectivity index (χ0n) is 13.1. The Morgan fingerprint density at radius 3 is 3.09 bits per heavy atom. The minimum Gasteiger partial charge on any atom is -0.393 e. The van der Waals surface area contributed by atoms with Crippen LogP contribution in [0, 0.1) is 5.82 Å². The zero-order chi connectivity index (χ0) is 16.8. The van der Waals surface area contributed by atoms with Crippen LogP contribution in [0.5, 0.6) is 0 Å². The summed E-state index contributed by atoms with van der Waals surface area (Å²) in [7, 11) is 0. The number of carbonyl (C=O) groups is 1. The molecule has 2 N–H and O–H groups in total. The molecule has 0 bridgehead atoms. The number of aliphatic hydroxyl groups excluding tert-OH is 1. The van der Waals surface area contributed by atoms with Crippen molar-refractivity contribution in [1.82, 2.24) is 10.2 Å². The molecule has 0 aliphatic carbocycles. The van der Waals surface area contributed by atoms with Crippen LogP contribution in [0.4, 0.5) is 9.18 Å². The van der Waals surface area contributed by atoms with Gasteiger partial charge in [0.15, 0.2) is 0 Å². The number of benzene rings is 1. The van der Waals surface area contributed by atoms with E-state index in [4.69, 9.17) is 16.3 Å². The fraction of sp³-hybridized carbons (Fsp3) is 0.562. The van der Waals surface area contributed by atoms with Crippen molar-refractivity contribution in [2.45, 2.75) is 31.9 Å². The number of aliphatic hydroxyl groups is 1. The summed E-state index contributed by atoms with van der Waals surface area (Å²) in [5.74, 6) is -0.370. The Morgan fingerprint density at radius 1 is 1.61 bits per heavy atom. The quantitative estimate of drug-likeness (QED) is 0.861. The number of hydrogen-bond acceptors (Lipinski definition) is 3. The Hall–Kier alpha value is -1.37. The maximum atomic E-state index is 13.7. The fourth-order valence-electron chi connectivity index (χ4n) is 2.68. The SMILES string of the molecule is C[C@H](O)C[C@@H]1COCCN1C(=O)NCCc1c(F)cccc1Cl. The van der Waals surface area contributed by atoms with Gasteiger partial charge in [-0.05, 0) is 31.9 Å². The summed E-state index contributed by atoms with van der Waals surface area (Å²) in [6.07, 6.45) is 0.282. The zero-order valence-corrected chi connectivity index (χ0v) is 13.9. The lowest BCUT2D eigenvalue weighted by atomic mass is 10.1. The molecule has 0 spiro atoms. The lowest BCUT2D eigenvalue weighted by molar-refractivity contribution is -0.00425. The Morgan fingerprint density at radius 2 is 2.39 bits per heavy atom. The molecule has 1 saturated heterocycles. The maximum absolute atomic E-state index is 13.7. The van der Waals surface area contributed by atoms with Gasteiger partial charge in [0.05, 0.1) is 25.4 Å². The minimum absolute atomic E-state index is 0.152. The predicted molar refractivity (Wildman–Crippen MR) is 86.1 cm³/mol. The van der Waals surface area contributed by atoms with Gasteiger partial charge in [-0.2, -0.15) is 0 Å². The number of urea groups is 1. The van der Waals surface area contributed by atoms with E-state index in [0.29, 0.717) is 43.2 Å². The lowest BCUT2D eigenvalue weighted by Crippen LogP contribution is -2.53. The number of hydrogen-bond donors (Lipinski definition) is 2. The third-order valence-electron chi connectivity index (χ3n) is 3.81. The molecular weight excluding hydrogens is 323 g/mol. The van der Waals surface area contributed by atoms with Gasteiger partial charge < -0.3 is 20.1 Å². The van der Waals surface area contributed by atoms with Crippen molar-refractivity contribution < 1.29 is 19.0 Å². The van der Waals surface area contributed by atoms with Crippen molar-refractivity contribution in [2.75, 3.05) is 26.3 Å². The van der Waals surface area contributed by atoms with E-state index in [1.165, 1.54) is 6.07 Å². The van der Waals surface area contributed by atoms with Crippen LogP contribution in [0.1, 0.15) is 18.9 Å². The first-order valence-electron chi connectivity index (χ1n) is 7.72. The van der Waals surface area contributed by atoms with Crippen LogP contribution in [0.25, 0.3) is 0 Å². The van der Waals surface area contributed by atoms with Crippen molar-refractivity contribution in [3.8, 4) is 0 Å². The standard InChI is InChI=1S/C16H22ClFN2O3/c1-11(21)9-12-10-23-8-7-20(12)16(22)19-6-5-13-14(17)3-2-4-15(13)18/h2-4,11-12,21H,5-10H2,1H3,(H,19,22)/t11-,12+/m0/s1. The first kappa shape index (κ1) is 18.0. The number of nitrogens with one attached hydrogen (secondary N) is 1. The van der Waals surface area contributed by atoms with Gasteiger partial charge >= 0.3 is 6.03 Å². The summed E-state index contributed by atoms with van der Waals surface area (Å²) in [5, 5.41) is 12.7. The molecule has 0 saturated carbocycles. The van der Waals surface area contributed by atoms with Crippen LogP contribution in [0.3, 0.4) is 0 Å². The van der Waals surface area contributed by atoms with Crippen LogP contribution < -0.4 is 5.32 Å². The van der Waals surface area contributed by atoms with Gasteiger partial charge in [-0.3, -0.25) is 0 Å². The molecule has 0 radical (unpaired) electrons. The van der Waals surface area contributed by atoms with E-state index in [1.54, 1.807) is 24.0 Å². The average Bonchev–Trinajstić information content (AvgIpc) is 2.50. The van der Waals surface area contributed by atoms with Gasteiger partial charge in [-0.25, -0.2) is 9.18 Å². The van der Waals surface area contributed by atoms with Gasteiger partial charge in [0.1, 0.15) is 5.82 Å². The molecule has 23 heavy (non-hydrogen) atoms.